The van der Waals surface area contributed by atoms with Gasteiger partial charge in [-0.1, -0.05) is 84.9 Å². The Balaban J connectivity index is 3.49. The molecule has 3 amide bonds. The van der Waals surface area contributed by atoms with Crippen LogP contribution in [0.15, 0.2) is 42.0 Å². The molecule has 0 spiro atoms. The summed E-state index contributed by atoms with van der Waals surface area (Å²) >= 11 is 0. The third kappa shape index (κ3) is 9.68. The Bertz CT molecular complexity index is 1080. The number of hydrogen-bond donors (Lipinski definition) is 3. The van der Waals surface area contributed by atoms with Crippen LogP contribution in [-0.4, -0.2) is 64.7 Å². The van der Waals surface area contributed by atoms with Crippen molar-refractivity contribution in [3.8, 4) is 0 Å². The predicted octanol–water partition coefficient (Wildman–Crippen LogP) is 4.90. The van der Waals surface area contributed by atoms with Gasteiger partial charge in [0.05, 0.1) is 6.04 Å². The molecule has 0 aliphatic rings. The molecule has 1 aromatic carbocycles. The monoisotopic (exact) mass is 559 g/mol. The van der Waals surface area contributed by atoms with Crippen molar-refractivity contribution >= 4 is 23.9 Å². The van der Waals surface area contributed by atoms with Gasteiger partial charge in [0.15, 0.2) is 0 Å². The molecular weight excluding hydrogens is 510 g/mol. The Morgan fingerprint density at radius 3 is 1.85 bits per heavy atom. The topological polar surface area (TPSA) is 125 Å². The van der Waals surface area contributed by atoms with Gasteiger partial charge < -0.3 is 25.4 Å². The van der Waals surface area contributed by atoms with Crippen molar-refractivity contribution in [1.82, 2.24) is 15.5 Å². The Kier molecular flexibility index (Phi) is 11.6. The summed E-state index contributed by atoms with van der Waals surface area (Å²) in [7, 11) is 1.61. The minimum absolute atomic E-state index is 0.0850. The molecule has 0 fully saturated rings. The average Bonchev–Trinajstić information content (AvgIpc) is 2.81. The maximum Gasteiger partial charge on any atom is 0.408 e. The van der Waals surface area contributed by atoms with Crippen molar-refractivity contribution < 1.29 is 29.0 Å². The summed E-state index contributed by atoms with van der Waals surface area (Å²) in [6.07, 6.45) is 0.805. The molecular formula is C31H49N3O6. The largest absolute Gasteiger partial charge is 0.478 e. The van der Waals surface area contributed by atoms with Crippen LogP contribution in [0.1, 0.15) is 81.7 Å². The van der Waals surface area contributed by atoms with Crippen molar-refractivity contribution in [3.05, 3.63) is 47.5 Å². The maximum atomic E-state index is 14.0. The summed E-state index contributed by atoms with van der Waals surface area (Å²) in [4.78, 5) is 53.7. The molecule has 9 heteroatoms. The second-order valence-electron chi connectivity index (χ2n) is 13.3. The lowest BCUT2D eigenvalue weighted by molar-refractivity contribution is -0.141. The first kappa shape index (κ1) is 34.7. The molecule has 224 valence electrons. The number of carboxylic acids is 1. The van der Waals surface area contributed by atoms with Crippen LogP contribution in [0.2, 0.25) is 0 Å². The summed E-state index contributed by atoms with van der Waals surface area (Å²) in [5.74, 6) is -2.06. The number of rotatable bonds is 10. The van der Waals surface area contributed by atoms with E-state index in [2.05, 4.69) is 10.6 Å². The maximum absolute atomic E-state index is 14.0. The summed E-state index contributed by atoms with van der Waals surface area (Å²) in [5.41, 5.74) is -1.41. The highest BCUT2D eigenvalue weighted by Gasteiger charge is 2.43. The van der Waals surface area contributed by atoms with Crippen molar-refractivity contribution in [2.45, 2.75) is 105 Å². The lowest BCUT2D eigenvalue weighted by Crippen LogP contribution is -2.63. The SMILES string of the molecule is C/C(=C\[C@H](C(C)C)N(C)C(=O)[C@@H](NC(=O)[C@@H](NC(=O)OC(C)(C)C)C(C)(C)c1ccccc1)C(C)(C)C)C(=O)O. The van der Waals surface area contributed by atoms with Gasteiger partial charge in [-0.3, -0.25) is 9.59 Å². The Morgan fingerprint density at radius 1 is 0.900 bits per heavy atom. The number of amides is 3. The molecule has 40 heavy (non-hydrogen) atoms. The van der Waals surface area contributed by atoms with Crippen molar-refractivity contribution in [2.24, 2.45) is 11.3 Å². The number of ether oxygens (including phenoxy) is 1. The van der Waals surface area contributed by atoms with Gasteiger partial charge in [-0.25, -0.2) is 9.59 Å². The van der Waals surface area contributed by atoms with Crippen LogP contribution in [0.5, 0.6) is 0 Å². The number of carbonyl (C=O) groups excluding carboxylic acids is 3. The third-order valence-electron chi connectivity index (χ3n) is 6.80. The highest BCUT2D eigenvalue weighted by Crippen LogP contribution is 2.29. The number of nitrogens with one attached hydrogen (secondary N) is 2. The Morgan fingerprint density at radius 2 is 1.43 bits per heavy atom. The zero-order chi connectivity index (χ0) is 31.2. The number of likely N-dealkylation sites (N-methyl/N-ethyl adjacent to an activating group) is 1. The van der Waals surface area contributed by atoms with Crippen LogP contribution in [-0.2, 0) is 24.5 Å². The van der Waals surface area contributed by atoms with Gasteiger partial charge in [0.2, 0.25) is 11.8 Å². The minimum atomic E-state index is -1.08. The molecule has 0 bridgehead atoms. The molecule has 0 aliphatic heterocycles. The number of benzene rings is 1. The molecule has 0 unspecified atom stereocenters. The van der Waals surface area contributed by atoms with Crippen LogP contribution in [0.4, 0.5) is 4.79 Å². The summed E-state index contributed by atoms with van der Waals surface area (Å²) in [6, 6.07) is 6.77. The number of carbonyl (C=O) groups is 4. The molecule has 0 saturated carbocycles. The lowest BCUT2D eigenvalue weighted by Gasteiger charge is -2.40. The molecule has 3 N–H and O–H groups in total. The second-order valence-corrected chi connectivity index (χ2v) is 13.3. The summed E-state index contributed by atoms with van der Waals surface area (Å²) < 4.78 is 5.46. The molecule has 0 radical (unpaired) electrons. The number of carboxylic acid groups (broad SMARTS) is 1. The number of hydrogen-bond acceptors (Lipinski definition) is 5. The van der Waals surface area contributed by atoms with Crippen molar-refractivity contribution in [3.63, 3.8) is 0 Å². The van der Waals surface area contributed by atoms with E-state index in [9.17, 15) is 24.3 Å². The molecule has 0 saturated heterocycles. The van der Waals surface area contributed by atoms with Gasteiger partial charge in [0.1, 0.15) is 17.7 Å². The minimum Gasteiger partial charge on any atom is -0.478 e. The highest BCUT2D eigenvalue weighted by molar-refractivity contribution is 5.93. The Hall–Kier alpha value is -3.36. The van der Waals surface area contributed by atoms with Crippen LogP contribution in [0.25, 0.3) is 0 Å². The highest BCUT2D eigenvalue weighted by atomic mass is 16.6. The van der Waals surface area contributed by atoms with E-state index in [1.165, 1.54) is 11.8 Å². The Labute approximate surface area is 239 Å². The zero-order valence-corrected chi connectivity index (χ0v) is 26.2. The third-order valence-corrected chi connectivity index (χ3v) is 6.80. The molecule has 0 aliphatic carbocycles. The fourth-order valence-electron chi connectivity index (χ4n) is 4.34. The van der Waals surface area contributed by atoms with Crippen LogP contribution in [0, 0.1) is 11.3 Å². The van der Waals surface area contributed by atoms with E-state index in [1.807, 2.05) is 78.8 Å². The zero-order valence-electron chi connectivity index (χ0n) is 26.2. The first-order valence-corrected chi connectivity index (χ1v) is 13.6. The van der Waals surface area contributed by atoms with Crippen LogP contribution >= 0.6 is 0 Å². The first-order chi connectivity index (χ1) is 18.1. The van der Waals surface area contributed by atoms with E-state index in [4.69, 9.17) is 4.74 Å². The number of alkyl carbamates (subject to hydrolysis) is 1. The van der Waals surface area contributed by atoms with E-state index < -0.39 is 52.5 Å². The lowest BCUT2D eigenvalue weighted by atomic mass is 9.76. The van der Waals surface area contributed by atoms with E-state index in [0.29, 0.717) is 0 Å². The molecule has 0 aromatic heterocycles. The number of nitrogens with zero attached hydrogens (tertiary/aromatic N) is 1. The molecule has 1 rings (SSSR count). The molecule has 1 aromatic rings. The van der Waals surface area contributed by atoms with Crippen LogP contribution < -0.4 is 10.6 Å². The number of aliphatic carboxylic acids is 1. The average molecular weight is 560 g/mol. The normalized spacial score (nSPS) is 15.1. The summed E-state index contributed by atoms with van der Waals surface area (Å²) in [5, 5.41) is 15.0. The quantitative estimate of drug-likeness (QED) is 0.350. The van der Waals surface area contributed by atoms with Crippen molar-refractivity contribution in [2.75, 3.05) is 7.05 Å². The molecule has 0 heterocycles. The first-order valence-electron chi connectivity index (χ1n) is 13.6. The second kappa shape index (κ2) is 13.3. The van der Waals surface area contributed by atoms with Gasteiger partial charge in [0, 0.05) is 18.0 Å². The van der Waals surface area contributed by atoms with Crippen molar-refractivity contribution in [1.29, 1.82) is 0 Å². The van der Waals surface area contributed by atoms with Gasteiger partial charge in [0.25, 0.3) is 0 Å². The van der Waals surface area contributed by atoms with Gasteiger partial charge in [-0.15, -0.1) is 0 Å². The van der Waals surface area contributed by atoms with E-state index in [1.54, 1.807) is 33.9 Å². The summed E-state index contributed by atoms with van der Waals surface area (Å²) in [6.45, 7) is 19.7. The molecule has 3 atom stereocenters. The van der Waals surface area contributed by atoms with Crippen LogP contribution in [0.3, 0.4) is 0 Å². The fourth-order valence-corrected chi connectivity index (χ4v) is 4.34. The van der Waals surface area contributed by atoms with Gasteiger partial charge in [-0.2, -0.15) is 0 Å². The smallest absolute Gasteiger partial charge is 0.408 e. The van der Waals surface area contributed by atoms with E-state index in [0.717, 1.165) is 5.56 Å². The van der Waals surface area contributed by atoms with Gasteiger partial charge >= 0.3 is 12.1 Å². The van der Waals surface area contributed by atoms with E-state index >= 15 is 0 Å². The van der Waals surface area contributed by atoms with Gasteiger partial charge in [-0.05, 0) is 44.6 Å². The fraction of sp³-hybridized carbons (Fsp3) is 0.613. The predicted molar refractivity (Wildman–Crippen MR) is 157 cm³/mol. The standard InChI is InChI=1S/C31H49N3O6/c1-19(2)22(18-20(3)27(37)38)34(12)26(36)24(29(4,5)6)32-25(35)23(33-28(39)40-30(7,8)9)31(10,11)21-16-14-13-15-17-21/h13-19,22-24H,1-12H3,(H,32,35)(H,33,39)(H,37,38)/b20-18+/t22-,23-,24-/m1/s1. The van der Waals surface area contributed by atoms with E-state index in [-0.39, 0.29) is 17.4 Å². The molecule has 9 nitrogen and oxygen atoms in total.